The van der Waals surface area contributed by atoms with Gasteiger partial charge in [0.2, 0.25) is 5.91 Å². The summed E-state index contributed by atoms with van der Waals surface area (Å²) in [7, 11) is 4.21. The van der Waals surface area contributed by atoms with Crippen LogP contribution in [0.1, 0.15) is 16.9 Å². The van der Waals surface area contributed by atoms with Crippen LogP contribution in [0.2, 0.25) is 0 Å². The largest absolute Gasteiger partial charge is 0.337 e. The highest BCUT2D eigenvalue weighted by Crippen LogP contribution is 2.26. The Morgan fingerprint density at radius 3 is 2.91 bits per heavy atom. The Hall–Kier alpha value is -1.72. The summed E-state index contributed by atoms with van der Waals surface area (Å²) in [5.74, 6) is 0.241. The molecule has 2 aromatic heterocycles. The Balaban J connectivity index is 1.76. The number of aromatic nitrogens is 1. The molecule has 3 rings (SSSR count). The number of carbonyl (C=O) groups excluding carboxylic acids is 1. The third-order valence-corrected chi connectivity index (χ3v) is 5.44. The van der Waals surface area contributed by atoms with Gasteiger partial charge >= 0.3 is 0 Å². The van der Waals surface area contributed by atoms with Crippen LogP contribution in [-0.2, 0) is 17.6 Å². The van der Waals surface area contributed by atoms with E-state index in [1.54, 1.807) is 17.5 Å². The molecular weight excluding hydrogens is 306 g/mol. The van der Waals surface area contributed by atoms with Crippen molar-refractivity contribution in [3.63, 3.8) is 0 Å². The summed E-state index contributed by atoms with van der Waals surface area (Å²) in [6, 6.07) is 8.74. The van der Waals surface area contributed by atoms with Crippen LogP contribution in [0.5, 0.6) is 0 Å². The molecule has 0 aromatic carbocycles. The molecule has 0 radical (unpaired) electrons. The molecular formula is C18H23N3OS. The molecule has 0 spiro atoms. The lowest BCUT2D eigenvalue weighted by molar-refractivity contribution is -0.131. The van der Waals surface area contributed by atoms with Gasteiger partial charge < -0.3 is 9.80 Å². The SMILES string of the molecule is CN(C)[C@@H]1CCN(C(=O)Cc2cccs2)[C@H]1Cc1cccnc1. The zero-order valence-corrected chi connectivity index (χ0v) is 14.5. The van der Waals surface area contributed by atoms with Crippen LogP contribution in [0.4, 0.5) is 0 Å². The molecule has 0 saturated carbocycles. The highest BCUT2D eigenvalue weighted by atomic mass is 32.1. The van der Waals surface area contributed by atoms with Crippen LogP contribution in [-0.4, -0.2) is 53.4 Å². The van der Waals surface area contributed by atoms with Gasteiger partial charge in [-0.15, -0.1) is 11.3 Å². The summed E-state index contributed by atoms with van der Waals surface area (Å²) in [4.78, 5) is 22.5. The molecule has 0 bridgehead atoms. The van der Waals surface area contributed by atoms with Crippen LogP contribution in [0, 0.1) is 0 Å². The fourth-order valence-corrected chi connectivity index (χ4v) is 4.12. The molecule has 1 aliphatic rings. The summed E-state index contributed by atoms with van der Waals surface area (Å²) < 4.78 is 0. The maximum atomic E-state index is 12.8. The minimum absolute atomic E-state index is 0.224. The zero-order chi connectivity index (χ0) is 16.2. The fourth-order valence-electron chi connectivity index (χ4n) is 3.42. The lowest BCUT2D eigenvalue weighted by Crippen LogP contribution is -2.46. The van der Waals surface area contributed by atoms with E-state index in [-0.39, 0.29) is 11.9 Å². The molecule has 3 heterocycles. The van der Waals surface area contributed by atoms with Crippen molar-refractivity contribution in [1.29, 1.82) is 0 Å². The Kier molecular flexibility index (Phi) is 5.08. The number of amides is 1. The van der Waals surface area contributed by atoms with Gasteiger partial charge in [0, 0.05) is 29.9 Å². The second kappa shape index (κ2) is 7.23. The van der Waals surface area contributed by atoms with Crippen molar-refractivity contribution < 1.29 is 4.79 Å². The first kappa shape index (κ1) is 16.1. The van der Waals surface area contributed by atoms with Gasteiger partial charge in [0.15, 0.2) is 0 Å². The summed E-state index contributed by atoms with van der Waals surface area (Å²) in [5, 5.41) is 2.03. The molecule has 2 atom stereocenters. The summed E-state index contributed by atoms with van der Waals surface area (Å²) in [6.07, 6.45) is 6.12. The van der Waals surface area contributed by atoms with E-state index in [1.807, 2.05) is 29.8 Å². The Morgan fingerprint density at radius 2 is 2.26 bits per heavy atom. The molecule has 1 fully saturated rings. The van der Waals surface area contributed by atoms with Crippen molar-refractivity contribution in [2.24, 2.45) is 0 Å². The van der Waals surface area contributed by atoms with E-state index in [9.17, 15) is 4.79 Å². The molecule has 0 N–H and O–H groups in total. The first-order chi connectivity index (χ1) is 11.1. The second-order valence-electron chi connectivity index (χ2n) is 6.30. The van der Waals surface area contributed by atoms with Crippen LogP contribution in [0.25, 0.3) is 0 Å². The number of hydrogen-bond donors (Lipinski definition) is 0. The van der Waals surface area contributed by atoms with Crippen molar-refractivity contribution >= 4 is 17.2 Å². The maximum Gasteiger partial charge on any atom is 0.228 e. The van der Waals surface area contributed by atoms with E-state index < -0.39 is 0 Å². The number of carbonyl (C=O) groups is 1. The molecule has 23 heavy (non-hydrogen) atoms. The Labute approximate surface area is 141 Å². The third-order valence-electron chi connectivity index (χ3n) is 4.57. The van der Waals surface area contributed by atoms with Gasteiger partial charge in [0.05, 0.1) is 12.5 Å². The number of thiophene rings is 1. The van der Waals surface area contributed by atoms with E-state index in [2.05, 4.69) is 34.9 Å². The zero-order valence-electron chi connectivity index (χ0n) is 13.7. The van der Waals surface area contributed by atoms with E-state index >= 15 is 0 Å². The second-order valence-corrected chi connectivity index (χ2v) is 7.33. The molecule has 1 saturated heterocycles. The van der Waals surface area contributed by atoms with Gasteiger partial charge in [-0.1, -0.05) is 12.1 Å². The average Bonchev–Trinajstić information content (AvgIpc) is 3.18. The number of pyridine rings is 1. The summed E-state index contributed by atoms with van der Waals surface area (Å²) in [5.41, 5.74) is 1.19. The number of nitrogens with zero attached hydrogens (tertiary/aromatic N) is 3. The molecule has 4 nitrogen and oxygen atoms in total. The minimum atomic E-state index is 0.224. The maximum absolute atomic E-state index is 12.8. The number of hydrogen-bond acceptors (Lipinski definition) is 4. The predicted molar refractivity (Wildman–Crippen MR) is 93.6 cm³/mol. The molecule has 122 valence electrons. The molecule has 5 heteroatoms. The van der Waals surface area contributed by atoms with Crippen molar-refractivity contribution in [1.82, 2.24) is 14.8 Å². The van der Waals surface area contributed by atoms with Crippen molar-refractivity contribution in [2.75, 3.05) is 20.6 Å². The van der Waals surface area contributed by atoms with Crippen molar-refractivity contribution in [3.05, 3.63) is 52.5 Å². The van der Waals surface area contributed by atoms with Gasteiger partial charge in [-0.3, -0.25) is 9.78 Å². The topological polar surface area (TPSA) is 36.4 Å². The third kappa shape index (κ3) is 3.79. The predicted octanol–water partition coefficient (Wildman–Crippen LogP) is 2.46. The summed E-state index contributed by atoms with van der Waals surface area (Å²) >= 11 is 1.65. The van der Waals surface area contributed by atoms with Crippen molar-refractivity contribution in [2.45, 2.75) is 31.3 Å². The smallest absolute Gasteiger partial charge is 0.228 e. The highest BCUT2D eigenvalue weighted by molar-refractivity contribution is 7.10. The number of likely N-dealkylation sites (N-methyl/N-ethyl adjacent to an activating group) is 1. The lowest BCUT2D eigenvalue weighted by atomic mass is 10.0. The first-order valence-corrected chi connectivity index (χ1v) is 8.90. The first-order valence-electron chi connectivity index (χ1n) is 8.02. The van der Waals surface area contributed by atoms with Gasteiger partial charge in [0.1, 0.15) is 0 Å². The van der Waals surface area contributed by atoms with Crippen LogP contribution in [0.3, 0.4) is 0 Å². The molecule has 0 aliphatic carbocycles. The number of rotatable bonds is 5. The van der Waals surface area contributed by atoms with Gasteiger partial charge in [-0.2, -0.15) is 0 Å². The van der Waals surface area contributed by atoms with E-state index in [0.29, 0.717) is 12.5 Å². The molecule has 2 aromatic rings. The van der Waals surface area contributed by atoms with E-state index in [4.69, 9.17) is 0 Å². The molecule has 1 amide bonds. The average molecular weight is 329 g/mol. The monoisotopic (exact) mass is 329 g/mol. The fraction of sp³-hybridized carbons (Fsp3) is 0.444. The molecule has 1 aliphatic heterocycles. The van der Waals surface area contributed by atoms with Gasteiger partial charge in [-0.05, 0) is 50.0 Å². The van der Waals surface area contributed by atoms with Crippen LogP contribution in [0.15, 0.2) is 42.0 Å². The summed E-state index contributed by atoms with van der Waals surface area (Å²) in [6.45, 7) is 0.845. The normalized spacial score (nSPS) is 21.1. The van der Waals surface area contributed by atoms with E-state index in [0.717, 1.165) is 24.3 Å². The Morgan fingerprint density at radius 1 is 1.39 bits per heavy atom. The standard InChI is InChI=1S/C18H23N3OS/c1-20(2)16-7-9-21(18(22)12-15-6-4-10-23-15)17(16)11-14-5-3-8-19-13-14/h3-6,8,10,13,16-17H,7,9,11-12H2,1-2H3/t16-,17+/m1/s1. The van der Waals surface area contributed by atoms with Crippen LogP contribution < -0.4 is 0 Å². The number of likely N-dealkylation sites (tertiary alicyclic amines) is 1. The van der Waals surface area contributed by atoms with Crippen molar-refractivity contribution in [3.8, 4) is 0 Å². The van der Waals surface area contributed by atoms with Gasteiger partial charge in [0.25, 0.3) is 0 Å². The lowest BCUT2D eigenvalue weighted by Gasteiger charge is -2.31. The van der Waals surface area contributed by atoms with Crippen LogP contribution >= 0.6 is 11.3 Å². The highest BCUT2D eigenvalue weighted by Gasteiger charge is 2.37. The van der Waals surface area contributed by atoms with E-state index in [1.165, 1.54) is 5.56 Å². The van der Waals surface area contributed by atoms with Gasteiger partial charge in [-0.25, -0.2) is 0 Å². The Bertz CT molecular complexity index is 627. The quantitative estimate of drug-likeness (QED) is 0.845. The minimum Gasteiger partial charge on any atom is -0.337 e. The molecule has 0 unspecified atom stereocenters.